The van der Waals surface area contributed by atoms with Gasteiger partial charge in [-0.1, -0.05) is 23.2 Å². The van der Waals surface area contributed by atoms with E-state index in [-0.39, 0.29) is 12.5 Å². The van der Waals surface area contributed by atoms with Crippen LogP contribution >= 0.6 is 23.2 Å². The summed E-state index contributed by atoms with van der Waals surface area (Å²) in [6.07, 6.45) is 0.902. The SMILES string of the molecule is COc1ccc(N2CCCN(C(=O)COc3ccc(Cl)cc3Cl)CC2)cc1. The van der Waals surface area contributed by atoms with Crippen LogP contribution in [0.15, 0.2) is 42.5 Å². The first-order valence-electron chi connectivity index (χ1n) is 8.81. The highest BCUT2D eigenvalue weighted by Gasteiger charge is 2.20. The number of anilines is 1. The Hall–Kier alpha value is -2.11. The van der Waals surface area contributed by atoms with E-state index in [0.717, 1.165) is 30.9 Å². The van der Waals surface area contributed by atoms with Crippen LogP contribution in [-0.4, -0.2) is 50.7 Å². The molecule has 0 radical (unpaired) electrons. The Kier molecular flexibility index (Phi) is 6.69. The molecule has 144 valence electrons. The second kappa shape index (κ2) is 9.20. The second-order valence-corrected chi connectivity index (χ2v) is 7.13. The van der Waals surface area contributed by atoms with Crippen molar-refractivity contribution in [3.63, 3.8) is 0 Å². The summed E-state index contributed by atoms with van der Waals surface area (Å²) in [6, 6.07) is 12.9. The first-order chi connectivity index (χ1) is 13.1. The minimum Gasteiger partial charge on any atom is -0.497 e. The number of rotatable bonds is 5. The molecule has 1 amide bonds. The highest BCUT2D eigenvalue weighted by Crippen LogP contribution is 2.27. The number of hydrogen-bond acceptors (Lipinski definition) is 4. The zero-order valence-corrected chi connectivity index (χ0v) is 16.7. The van der Waals surface area contributed by atoms with Gasteiger partial charge < -0.3 is 19.3 Å². The van der Waals surface area contributed by atoms with Gasteiger partial charge >= 0.3 is 0 Å². The van der Waals surface area contributed by atoms with Crippen LogP contribution in [0.5, 0.6) is 11.5 Å². The number of amides is 1. The van der Waals surface area contributed by atoms with Crippen LogP contribution in [0.25, 0.3) is 0 Å². The largest absolute Gasteiger partial charge is 0.497 e. The maximum atomic E-state index is 12.5. The van der Waals surface area contributed by atoms with Crippen molar-refractivity contribution in [1.82, 2.24) is 4.90 Å². The van der Waals surface area contributed by atoms with Crippen LogP contribution in [0.4, 0.5) is 5.69 Å². The molecule has 0 atom stereocenters. The van der Waals surface area contributed by atoms with Gasteiger partial charge in [-0.3, -0.25) is 4.79 Å². The van der Waals surface area contributed by atoms with Crippen LogP contribution < -0.4 is 14.4 Å². The predicted octanol–water partition coefficient (Wildman–Crippen LogP) is 4.12. The number of carbonyl (C=O) groups is 1. The highest BCUT2D eigenvalue weighted by atomic mass is 35.5. The van der Waals surface area contributed by atoms with Crippen molar-refractivity contribution in [2.45, 2.75) is 6.42 Å². The van der Waals surface area contributed by atoms with Crippen LogP contribution in [0.2, 0.25) is 10.0 Å². The Bertz CT molecular complexity index is 783. The topological polar surface area (TPSA) is 42.0 Å². The lowest BCUT2D eigenvalue weighted by Crippen LogP contribution is -2.38. The number of benzene rings is 2. The molecule has 7 heteroatoms. The van der Waals surface area contributed by atoms with Gasteiger partial charge in [0.05, 0.1) is 12.1 Å². The maximum Gasteiger partial charge on any atom is 0.260 e. The van der Waals surface area contributed by atoms with Gasteiger partial charge in [0.2, 0.25) is 0 Å². The van der Waals surface area contributed by atoms with Crippen molar-refractivity contribution < 1.29 is 14.3 Å². The lowest BCUT2D eigenvalue weighted by molar-refractivity contribution is -0.133. The van der Waals surface area contributed by atoms with E-state index in [1.807, 2.05) is 29.2 Å². The summed E-state index contributed by atoms with van der Waals surface area (Å²) < 4.78 is 10.8. The number of methoxy groups -OCH3 is 1. The smallest absolute Gasteiger partial charge is 0.260 e. The molecule has 1 fully saturated rings. The normalized spacial score (nSPS) is 14.6. The average molecular weight is 409 g/mol. The van der Waals surface area contributed by atoms with E-state index in [0.29, 0.717) is 28.9 Å². The first kappa shape index (κ1) is 19.6. The monoisotopic (exact) mass is 408 g/mol. The molecule has 5 nitrogen and oxygen atoms in total. The molecule has 0 unspecified atom stereocenters. The number of carbonyl (C=O) groups excluding carboxylic acids is 1. The summed E-state index contributed by atoms with van der Waals surface area (Å²) in [7, 11) is 1.66. The van der Waals surface area contributed by atoms with Crippen molar-refractivity contribution in [1.29, 1.82) is 0 Å². The lowest BCUT2D eigenvalue weighted by atomic mass is 10.2. The summed E-state index contributed by atoms with van der Waals surface area (Å²) in [6.45, 7) is 3.01. The van der Waals surface area contributed by atoms with Gasteiger partial charge in [-0.15, -0.1) is 0 Å². The van der Waals surface area contributed by atoms with E-state index in [9.17, 15) is 4.79 Å². The number of hydrogen-bond donors (Lipinski definition) is 0. The zero-order valence-electron chi connectivity index (χ0n) is 15.2. The number of nitrogens with zero attached hydrogens (tertiary/aromatic N) is 2. The van der Waals surface area contributed by atoms with Crippen molar-refractivity contribution in [3.05, 3.63) is 52.5 Å². The molecule has 0 aliphatic carbocycles. The minimum absolute atomic E-state index is 0.0378. The van der Waals surface area contributed by atoms with E-state index >= 15 is 0 Å². The molecule has 0 spiro atoms. The van der Waals surface area contributed by atoms with Crippen molar-refractivity contribution >= 4 is 34.8 Å². The fourth-order valence-electron chi connectivity index (χ4n) is 3.04. The molecule has 2 aromatic carbocycles. The summed E-state index contributed by atoms with van der Waals surface area (Å²) in [5.74, 6) is 1.25. The first-order valence-corrected chi connectivity index (χ1v) is 9.57. The van der Waals surface area contributed by atoms with E-state index in [1.54, 1.807) is 25.3 Å². The maximum absolute atomic E-state index is 12.5. The van der Waals surface area contributed by atoms with E-state index < -0.39 is 0 Å². The van der Waals surface area contributed by atoms with Gasteiger partial charge in [-0.05, 0) is 48.9 Å². The quantitative estimate of drug-likeness (QED) is 0.745. The fraction of sp³-hybridized carbons (Fsp3) is 0.350. The molecule has 0 N–H and O–H groups in total. The summed E-state index contributed by atoms with van der Waals surface area (Å²) in [5.41, 5.74) is 1.13. The van der Waals surface area contributed by atoms with Gasteiger partial charge in [0.25, 0.3) is 5.91 Å². The molecule has 2 aromatic rings. The third kappa shape index (κ3) is 5.21. The Balaban J connectivity index is 1.54. The zero-order chi connectivity index (χ0) is 19.2. The fourth-order valence-corrected chi connectivity index (χ4v) is 3.50. The minimum atomic E-state index is -0.0439. The molecule has 0 saturated carbocycles. The second-order valence-electron chi connectivity index (χ2n) is 6.28. The summed E-state index contributed by atoms with van der Waals surface area (Å²) in [4.78, 5) is 16.6. The van der Waals surface area contributed by atoms with Crippen molar-refractivity contribution in [3.8, 4) is 11.5 Å². The van der Waals surface area contributed by atoms with Gasteiger partial charge in [0, 0.05) is 36.9 Å². The Morgan fingerprint density at radius 1 is 1.04 bits per heavy atom. The van der Waals surface area contributed by atoms with Crippen LogP contribution in [0, 0.1) is 0 Å². The Labute approximate surface area is 169 Å². The summed E-state index contributed by atoms with van der Waals surface area (Å²) in [5, 5.41) is 0.932. The molecule has 3 rings (SSSR count). The predicted molar refractivity (Wildman–Crippen MR) is 108 cm³/mol. The molecule has 0 aromatic heterocycles. The van der Waals surface area contributed by atoms with Crippen LogP contribution in [0.3, 0.4) is 0 Å². The number of ether oxygens (including phenoxy) is 2. The van der Waals surface area contributed by atoms with Crippen molar-refractivity contribution in [2.75, 3.05) is 44.8 Å². The van der Waals surface area contributed by atoms with Gasteiger partial charge in [0.1, 0.15) is 11.5 Å². The highest BCUT2D eigenvalue weighted by molar-refractivity contribution is 6.35. The molecule has 27 heavy (non-hydrogen) atoms. The van der Waals surface area contributed by atoms with Crippen molar-refractivity contribution in [2.24, 2.45) is 0 Å². The molecule has 1 aliphatic rings. The van der Waals surface area contributed by atoms with E-state index in [4.69, 9.17) is 32.7 Å². The van der Waals surface area contributed by atoms with E-state index in [1.165, 1.54) is 0 Å². The lowest BCUT2D eigenvalue weighted by Gasteiger charge is -2.24. The van der Waals surface area contributed by atoms with Crippen LogP contribution in [-0.2, 0) is 4.79 Å². The van der Waals surface area contributed by atoms with Crippen LogP contribution in [0.1, 0.15) is 6.42 Å². The standard InChI is InChI=1S/C20H22Cl2N2O3/c1-26-17-6-4-16(5-7-17)23-9-2-10-24(12-11-23)20(25)14-27-19-8-3-15(21)13-18(19)22/h3-8,13H,2,9-12,14H2,1H3. The third-order valence-corrected chi connectivity index (χ3v) is 5.06. The molecular weight excluding hydrogens is 387 g/mol. The van der Waals surface area contributed by atoms with Gasteiger partial charge in [-0.25, -0.2) is 0 Å². The number of halogens is 2. The Morgan fingerprint density at radius 2 is 1.81 bits per heavy atom. The molecule has 0 bridgehead atoms. The average Bonchev–Trinajstić information content (AvgIpc) is 2.93. The third-order valence-electron chi connectivity index (χ3n) is 4.53. The van der Waals surface area contributed by atoms with E-state index in [2.05, 4.69) is 4.90 Å². The summed E-state index contributed by atoms with van der Waals surface area (Å²) >= 11 is 12.0. The molecule has 1 aliphatic heterocycles. The molecule has 1 heterocycles. The molecule has 1 saturated heterocycles. The Morgan fingerprint density at radius 3 is 2.52 bits per heavy atom. The molecular formula is C20H22Cl2N2O3. The van der Waals surface area contributed by atoms with Gasteiger partial charge in [0.15, 0.2) is 6.61 Å². The van der Waals surface area contributed by atoms with Gasteiger partial charge in [-0.2, -0.15) is 0 Å².